The smallest absolute Gasteiger partial charge is 0.334 e. The van der Waals surface area contributed by atoms with E-state index in [1.807, 2.05) is 6.92 Å². The van der Waals surface area contributed by atoms with Crippen molar-refractivity contribution in [1.82, 2.24) is 15.0 Å². The van der Waals surface area contributed by atoms with Crippen LogP contribution in [-0.4, -0.2) is 38.2 Å². The number of hydrogen-bond acceptors (Lipinski definition) is 7. The lowest BCUT2D eigenvalue weighted by Crippen LogP contribution is -2.15. The second-order valence-electron chi connectivity index (χ2n) is 6.44. The van der Waals surface area contributed by atoms with Crippen molar-refractivity contribution in [1.29, 1.82) is 0 Å². The molecule has 0 aliphatic heterocycles. The lowest BCUT2D eigenvalue weighted by atomic mass is 10.0. The number of anilines is 3. The summed E-state index contributed by atoms with van der Waals surface area (Å²) in [5.74, 6) is 0.947. The van der Waals surface area contributed by atoms with Crippen LogP contribution in [0.2, 0.25) is 0 Å². The van der Waals surface area contributed by atoms with E-state index in [2.05, 4.69) is 25.6 Å². The fraction of sp³-hybridized carbons (Fsp3) is 0.211. The summed E-state index contributed by atoms with van der Waals surface area (Å²) in [4.78, 5) is 23.0. The molecule has 0 fully saturated rings. The molecule has 0 amide bonds. The maximum atomic E-state index is 13.7. The number of nitrogens with two attached hydrogens (primary N) is 1. The first-order chi connectivity index (χ1) is 13.8. The van der Waals surface area contributed by atoms with Gasteiger partial charge < -0.3 is 16.4 Å². The number of benzene rings is 1. The summed E-state index contributed by atoms with van der Waals surface area (Å²) in [5, 5.41) is 15.0. The van der Waals surface area contributed by atoms with Crippen LogP contribution < -0.4 is 16.4 Å². The van der Waals surface area contributed by atoms with Crippen LogP contribution in [0.5, 0.6) is 0 Å². The fourth-order valence-corrected chi connectivity index (χ4v) is 2.74. The van der Waals surface area contributed by atoms with Crippen LogP contribution in [0.4, 0.5) is 27.7 Å². The van der Waals surface area contributed by atoms with Gasteiger partial charge in [0.25, 0.3) is 4.92 Å². The molecular weight excluding hydrogens is 377 g/mol. The van der Waals surface area contributed by atoms with Crippen LogP contribution in [0.15, 0.2) is 36.5 Å². The fourth-order valence-electron chi connectivity index (χ4n) is 2.74. The molecule has 2 aromatic heterocycles. The van der Waals surface area contributed by atoms with Crippen molar-refractivity contribution in [2.75, 3.05) is 29.5 Å². The Hall–Kier alpha value is -3.82. The Kier molecular flexibility index (Phi) is 5.82. The van der Waals surface area contributed by atoms with Crippen molar-refractivity contribution in [2.45, 2.75) is 13.8 Å². The Labute approximate surface area is 166 Å². The second-order valence-corrected chi connectivity index (χ2v) is 6.44. The third-order valence-corrected chi connectivity index (χ3v) is 4.23. The highest BCUT2D eigenvalue weighted by atomic mass is 19.1. The van der Waals surface area contributed by atoms with Crippen LogP contribution in [0.25, 0.3) is 11.3 Å². The van der Waals surface area contributed by atoms with Crippen molar-refractivity contribution in [3.05, 3.63) is 58.4 Å². The van der Waals surface area contributed by atoms with Gasteiger partial charge in [0.2, 0.25) is 5.95 Å². The summed E-state index contributed by atoms with van der Waals surface area (Å²) in [6, 6.07) is 7.99. The van der Waals surface area contributed by atoms with E-state index in [0.717, 1.165) is 11.1 Å². The highest BCUT2D eigenvalue weighted by molar-refractivity contribution is 5.68. The van der Waals surface area contributed by atoms with E-state index in [1.165, 1.54) is 18.3 Å². The Morgan fingerprint density at radius 1 is 1.07 bits per heavy atom. The maximum absolute atomic E-state index is 13.7. The highest BCUT2D eigenvalue weighted by Gasteiger charge is 2.12. The minimum atomic E-state index is -0.263. The molecule has 0 spiro atoms. The first-order valence-corrected chi connectivity index (χ1v) is 8.85. The molecule has 0 aliphatic carbocycles. The molecule has 0 saturated carbocycles. The number of nitrogens with one attached hydrogen (secondary N) is 2. The molecule has 0 bridgehead atoms. The zero-order valence-electron chi connectivity index (χ0n) is 16.0. The third-order valence-electron chi connectivity index (χ3n) is 4.23. The summed E-state index contributed by atoms with van der Waals surface area (Å²) < 4.78 is 13.7. The van der Waals surface area contributed by atoms with Crippen molar-refractivity contribution < 1.29 is 14.5 Å². The molecule has 10 heteroatoms. The molecule has 3 aromatic rings. The highest BCUT2D eigenvalue weighted by Crippen LogP contribution is 2.26. The summed E-state index contributed by atoms with van der Waals surface area (Å²) in [7, 11) is 0. The van der Waals surface area contributed by atoms with Crippen LogP contribution in [0.1, 0.15) is 11.1 Å². The Bertz CT molecular complexity index is 1040. The van der Waals surface area contributed by atoms with Crippen molar-refractivity contribution >= 4 is 23.3 Å². The molecule has 29 heavy (non-hydrogen) atoms. The van der Waals surface area contributed by atoms with E-state index >= 15 is 0 Å². The molecule has 0 aliphatic rings. The van der Waals surface area contributed by atoms with Gasteiger partial charge in [0.15, 0.2) is 0 Å². The number of rotatable bonds is 7. The molecule has 0 saturated heterocycles. The molecule has 3 rings (SSSR count). The molecule has 2 heterocycles. The van der Waals surface area contributed by atoms with Gasteiger partial charge in [0.1, 0.15) is 23.6 Å². The number of hydrogen-bond donors (Lipinski definition) is 4. The number of nitrogens with zero attached hydrogens (tertiary/aromatic N) is 4. The van der Waals surface area contributed by atoms with Gasteiger partial charge in [-0.05, 0) is 43.2 Å². The quantitative estimate of drug-likeness (QED) is 0.353. The van der Waals surface area contributed by atoms with Gasteiger partial charge in [0.05, 0.1) is 10.6 Å². The van der Waals surface area contributed by atoms with E-state index in [1.54, 1.807) is 25.1 Å². The monoisotopic (exact) mass is 398 g/mol. The number of aromatic nitrogens is 3. The SMILES string of the molecule is Cc1cc(-c2cc(NCCNc3ccc([N+](=O)O)cn3)nc(N)n2)c(C)cc1F. The normalized spacial score (nSPS) is 10.6. The van der Waals surface area contributed by atoms with Crippen molar-refractivity contribution in [3.8, 4) is 11.3 Å². The second kappa shape index (κ2) is 8.46. The molecular formula is C19H21FN7O2+. The predicted octanol–water partition coefficient (Wildman–Crippen LogP) is 3.20. The van der Waals surface area contributed by atoms with Gasteiger partial charge in [-0.25, -0.2) is 19.6 Å². The van der Waals surface area contributed by atoms with Crippen LogP contribution >= 0.6 is 0 Å². The van der Waals surface area contributed by atoms with Gasteiger partial charge in [0, 0.05) is 30.8 Å². The maximum Gasteiger partial charge on any atom is 0.334 e. The van der Waals surface area contributed by atoms with Crippen molar-refractivity contribution in [2.24, 2.45) is 0 Å². The number of nitrogen functional groups attached to an aromatic ring is 1. The first kappa shape index (κ1) is 19.9. The number of pyridine rings is 1. The minimum absolute atomic E-state index is 0.0454. The standard InChI is InChI=1S/C19H21FN7O2/c1-11-8-15(20)12(2)7-14(11)16-9-18(26-19(21)25-16)23-6-5-22-17-4-3-13(10-24-17)27(28)29/h3-4,7-10H,5-6H2,1-2H3,(H,22,24)(H,28,29)(H3,21,23,25,26)/q+1. The molecule has 9 nitrogen and oxygen atoms in total. The zero-order chi connectivity index (χ0) is 21.0. The lowest BCUT2D eigenvalue weighted by molar-refractivity contribution is -0.729. The summed E-state index contributed by atoms with van der Waals surface area (Å²) in [5.41, 5.74) is 8.57. The third kappa shape index (κ3) is 4.92. The van der Waals surface area contributed by atoms with E-state index in [9.17, 15) is 9.30 Å². The van der Waals surface area contributed by atoms with E-state index < -0.39 is 0 Å². The zero-order valence-corrected chi connectivity index (χ0v) is 16.0. The average molecular weight is 398 g/mol. The topological polar surface area (TPSA) is 129 Å². The number of halogens is 1. The van der Waals surface area contributed by atoms with Gasteiger partial charge in [-0.3, -0.25) is 0 Å². The lowest BCUT2D eigenvalue weighted by Gasteiger charge is -2.11. The molecule has 0 radical (unpaired) electrons. The summed E-state index contributed by atoms with van der Waals surface area (Å²) in [6.07, 6.45) is 1.26. The first-order valence-electron chi connectivity index (χ1n) is 8.85. The molecule has 0 atom stereocenters. The Morgan fingerprint density at radius 3 is 2.45 bits per heavy atom. The van der Waals surface area contributed by atoms with Crippen molar-refractivity contribution in [3.63, 3.8) is 0 Å². The minimum Gasteiger partial charge on any atom is -0.368 e. The predicted molar refractivity (Wildman–Crippen MR) is 108 cm³/mol. The Morgan fingerprint density at radius 2 is 1.79 bits per heavy atom. The largest absolute Gasteiger partial charge is 0.368 e. The number of aryl methyl sites for hydroxylation is 2. The van der Waals surface area contributed by atoms with E-state index in [0.29, 0.717) is 36.0 Å². The molecule has 150 valence electrons. The van der Waals surface area contributed by atoms with Crippen LogP contribution in [0, 0.1) is 24.6 Å². The van der Waals surface area contributed by atoms with Gasteiger partial charge >= 0.3 is 5.69 Å². The van der Waals surface area contributed by atoms with Gasteiger partial charge in [-0.15, -0.1) is 0 Å². The van der Waals surface area contributed by atoms with Crippen LogP contribution in [0.3, 0.4) is 0 Å². The Balaban J connectivity index is 1.65. The summed E-state index contributed by atoms with van der Waals surface area (Å²) in [6.45, 7) is 4.53. The van der Waals surface area contributed by atoms with Gasteiger partial charge in [-0.1, -0.05) is 0 Å². The average Bonchev–Trinajstić information content (AvgIpc) is 2.68. The molecule has 5 N–H and O–H groups in total. The molecule has 0 unspecified atom stereocenters. The molecule has 1 aromatic carbocycles. The van der Waals surface area contributed by atoms with E-state index in [-0.39, 0.29) is 22.4 Å². The van der Waals surface area contributed by atoms with Gasteiger partial charge in [-0.2, -0.15) is 4.98 Å². The van der Waals surface area contributed by atoms with E-state index in [4.69, 9.17) is 10.9 Å². The summed E-state index contributed by atoms with van der Waals surface area (Å²) >= 11 is 0. The van der Waals surface area contributed by atoms with Crippen LogP contribution in [-0.2, 0) is 0 Å².